The highest BCUT2D eigenvalue weighted by molar-refractivity contribution is 5.38. The SMILES string of the molecule is Cc1ccccc1C1(C(C)O)CC1. The van der Waals surface area contributed by atoms with Gasteiger partial charge in [0.2, 0.25) is 0 Å². The smallest absolute Gasteiger partial charge is 0.0608 e. The van der Waals surface area contributed by atoms with Crippen molar-refractivity contribution in [3.05, 3.63) is 35.4 Å². The summed E-state index contributed by atoms with van der Waals surface area (Å²) in [6.07, 6.45) is 2.05. The van der Waals surface area contributed by atoms with Crippen LogP contribution < -0.4 is 0 Å². The second-order valence-corrected chi connectivity index (χ2v) is 4.15. The molecular weight excluding hydrogens is 160 g/mol. The van der Waals surface area contributed by atoms with Crippen LogP contribution in [0, 0.1) is 6.92 Å². The van der Waals surface area contributed by atoms with Crippen LogP contribution >= 0.6 is 0 Å². The van der Waals surface area contributed by atoms with E-state index in [9.17, 15) is 5.11 Å². The number of hydrogen-bond donors (Lipinski definition) is 1. The van der Waals surface area contributed by atoms with Crippen molar-refractivity contribution in [1.82, 2.24) is 0 Å². The fourth-order valence-corrected chi connectivity index (χ4v) is 2.18. The highest BCUT2D eigenvalue weighted by Gasteiger charge is 2.48. The Morgan fingerprint density at radius 3 is 2.38 bits per heavy atom. The molecule has 1 aliphatic rings. The van der Waals surface area contributed by atoms with Crippen molar-refractivity contribution in [2.75, 3.05) is 0 Å². The molecule has 1 unspecified atom stereocenters. The zero-order valence-electron chi connectivity index (χ0n) is 8.25. The molecule has 1 atom stereocenters. The van der Waals surface area contributed by atoms with Crippen molar-refractivity contribution >= 4 is 0 Å². The third-order valence-corrected chi connectivity index (χ3v) is 3.27. The Hall–Kier alpha value is -0.820. The van der Waals surface area contributed by atoms with Crippen LogP contribution in [0.5, 0.6) is 0 Å². The third kappa shape index (κ3) is 1.28. The summed E-state index contributed by atoms with van der Waals surface area (Å²) < 4.78 is 0. The van der Waals surface area contributed by atoms with E-state index in [4.69, 9.17) is 0 Å². The van der Waals surface area contributed by atoms with Crippen molar-refractivity contribution in [2.45, 2.75) is 38.2 Å². The highest BCUT2D eigenvalue weighted by Crippen LogP contribution is 2.51. The van der Waals surface area contributed by atoms with E-state index in [-0.39, 0.29) is 11.5 Å². The van der Waals surface area contributed by atoms with Crippen LogP contribution in [0.3, 0.4) is 0 Å². The van der Waals surface area contributed by atoms with E-state index in [0.717, 1.165) is 12.8 Å². The predicted octanol–water partition coefficient (Wildman–Crippen LogP) is 2.41. The number of hydrogen-bond acceptors (Lipinski definition) is 1. The van der Waals surface area contributed by atoms with Gasteiger partial charge in [-0.3, -0.25) is 0 Å². The Balaban J connectivity index is 2.41. The second kappa shape index (κ2) is 2.85. The molecule has 0 amide bonds. The minimum atomic E-state index is -0.214. The van der Waals surface area contributed by atoms with Crippen molar-refractivity contribution < 1.29 is 5.11 Å². The molecule has 1 nitrogen and oxygen atoms in total. The molecule has 2 rings (SSSR count). The Morgan fingerprint density at radius 2 is 1.92 bits per heavy atom. The van der Waals surface area contributed by atoms with Gasteiger partial charge >= 0.3 is 0 Å². The first-order valence-electron chi connectivity index (χ1n) is 4.91. The molecule has 13 heavy (non-hydrogen) atoms. The lowest BCUT2D eigenvalue weighted by Gasteiger charge is -2.20. The Bertz CT molecular complexity index is 311. The van der Waals surface area contributed by atoms with Crippen molar-refractivity contribution in [3.63, 3.8) is 0 Å². The van der Waals surface area contributed by atoms with Crippen LogP contribution in [0.2, 0.25) is 0 Å². The maximum Gasteiger partial charge on any atom is 0.0608 e. The van der Waals surface area contributed by atoms with Gasteiger partial charge in [0.05, 0.1) is 6.10 Å². The largest absolute Gasteiger partial charge is 0.392 e. The van der Waals surface area contributed by atoms with E-state index in [0.29, 0.717) is 0 Å². The van der Waals surface area contributed by atoms with Crippen LogP contribution in [0.25, 0.3) is 0 Å². The van der Waals surface area contributed by atoms with Crippen molar-refractivity contribution in [2.24, 2.45) is 0 Å². The lowest BCUT2D eigenvalue weighted by Crippen LogP contribution is -2.23. The quantitative estimate of drug-likeness (QED) is 0.733. The molecule has 1 fully saturated rings. The van der Waals surface area contributed by atoms with Gasteiger partial charge in [0.1, 0.15) is 0 Å². The number of rotatable bonds is 2. The summed E-state index contributed by atoms with van der Waals surface area (Å²) in [5, 5.41) is 9.72. The Morgan fingerprint density at radius 1 is 1.31 bits per heavy atom. The minimum Gasteiger partial charge on any atom is -0.392 e. The van der Waals surface area contributed by atoms with E-state index < -0.39 is 0 Å². The van der Waals surface area contributed by atoms with Crippen LogP contribution in [0.1, 0.15) is 30.9 Å². The Kier molecular flexibility index (Phi) is 1.92. The molecule has 1 aromatic rings. The first-order chi connectivity index (χ1) is 6.17. The molecule has 0 heterocycles. The molecule has 0 bridgehead atoms. The van der Waals surface area contributed by atoms with Gasteiger partial charge in [0, 0.05) is 5.41 Å². The monoisotopic (exact) mass is 176 g/mol. The zero-order chi connectivity index (χ0) is 9.47. The summed E-state index contributed by atoms with van der Waals surface area (Å²) in [6, 6.07) is 8.38. The molecule has 1 aliphatic carbocycles. The average molecular weight is 176 g/mol. The fraction of sp³-hybridized carbons (Fsp3) is 0.500. The number of aryl methyl sites for hydroxylation is 1. The van der Waals surface area contributed by atoms with Crippen molar-refractivity contribution in [1.29, 1.82) is 0 Å². The van der Waals surface area contributed by atoms with Gasteiger partial charge in [-0.2, -0.15) is 0 Å². The third-order valence-electron chi connectivity index (χ3n) is 3.27. The van der Waals surface area contributed by atoms with Crippen LogP contribution in [0.4, 0.5) is 0 Å². The van der Waals surface area contributed by atoms with Gasteiger partial charge in [-0.25, -0.2) is 0 Å². The molecule has 0 saturated heterocycles. The fourth-order valence-electron chi connectivity index (χ4n) is 2.18. The molecule has 70 valence electrons. The van der Waals surface area contributed by atoms with Gasteiger partial charge in [0.15, 0.2) is 0 Å². The molecule has 0 aromatic heterocycles. The summed E-state index contributed by atoms with van der Waals surface area (Å²) in [5.41, 5.74) is 2.73. The molecule has 0 spiro atoms. The zero-order valence-corrected chi connectivity index (χ0v) is 8.25. The van der Waals surface area contributed by atoms with E-state index in [1.165, 1.54) is 11.1 Å². The lowest BCUT2D eigenvalue weighted by molar-refractivity contribution is 0.150. The molecule has 1 saturated carbocycles. The molecule has 0 aliphatic heterocycles. The second-order valence-electron chi connectivity index (χ2n) is 4.15. The highest BCUT2D eigenvalue weighted by atomic mass is 16.3. The Labute approximate surface area is 79.4 Å². The topological polar surface area (TPSA) is 20.2 Å². The molecular formula is C12H16O. The molecule has 0 radical (unpaired) electrons. The minimum absolute atomic E-state index is 0.0886. The van der Waals surface area contributed by atoms with Gasteiger partial charge < -0.3 is 5.11 Å². The molecule has 1 N–H and O–H groups in total. The van der Waals surface area contributed by atoms with Crippen molar-refractivity contribution in [3.8, 4) is 0 Å². The van der Waals surface area contributed by atoms with Crippen LogP contribution in [-0.4, -0.2) is 11.2 Å². The van der Waals surface area contributed by atoms with Crippen LogP contribution in [-0.2, 0) is 5.41 Å². The lowest BCUT2D eigenvalue weighted by atomic mass is 9.88. The van der Waals surface area contributed by atoms with Gasteiger partial charge in [-0.15, -0.1) is 0 Å². The average Bonchev–Trinajstić information content (AvgIpc) is 2.85. The number of benzene rings is 1. The first-order valence-corrected chi connectivity index (χ1v) is 4.91. The van der Waals surface area contributed by atoms with Gasteiger partial charge in [-0.05, 0) is 37.8 Å². The van der Waals surface area contributed by atoms with E-state index >= 15 is 0 Å². The summed E-state index contributed by atoms with van der Waals surface area (Å²) in [4.78, 5) is 0. The number of aliphatic hydroxyl groups is 1. The van der Waals surface area contributed by atoms with E-state index in [1.807, 2.05) is 6.92 Å². The predicted molar refractivity (Wildman–Crippen MR) is 53.8 cm³/mol. The summed E-state index contributed by atoms with van der Waals surface area (Å²) in [5.74, 6) is 0. The summed E-state index contributed by atoms with van der Waals surface area (Å²) >= 11 is 0. The maximum absolute atomic E-state index is 9.72. The number of aliphatic hydroxyl groups excluding tert-OH is 1. The standard InChI is InChI=1S/C12H16O/c1-9-5-3-4-6-11(9)12(7-8-12)10(2)13/h3-6,10,13H,7-8H2,1-2H3. The van der Waals surface area contributed by atoms with E-state index in [1.54, 1.807) is 0 Å². The van der Waals surface area contributed by atoms with Crippen LogP contribution in [0.15, 0.2) is 24.3 Å². The summed E-state index contributed by atoms with van der Waals surface area (Å²) in [7, 11) is 0. The molecule has 1 heteroatoms. The van der Waals surface area contributed by atoms with E-state index in [2.05, 4.69) is 31.2 Å². The molecule has 1 aromatic carbocycles. The van der Waals surface area contributed by atoms with Gasteiger partial charge in [-0.1, -0.05) is 24.3 Å². The summed E-state index contributed by atoms with van der Waals surface area (Å²) in [6.45, 7) is 4.03. The normalized spacial score (nSPS) is 21.2. The first kappa shape index (κ1) is 8.76. The maximum atomic E-state index is 9.72. The van der Waals surface area contributed by atoms with Gasteiger partial charge in [0.25, 0.3) is 0 Å².